The third-order valence-corrected chi connectivity index (χ3v) is 32.0. The summed E-state index contributed by atoms with van der Waals surface area (Å²) in [5, 5.41) is 0. The Labute approximate surface area is 401 Å². The maximum atomic E-state index is 2.88. The van der Waals surface area contributed by atoms with Crippen LogP contribution in [0.1, 0.15) is 115 Å². The minimum Gasteiger partial charge on any atom is -0.147 e. The van der Waals surface area contributed by atoms with Crippen molar-refractivity contribution < 1.29 is 17.4 Å². The van der Waals surface area contributed by atoms with Crippen LogP contribution >= 0.6 is 24.8 Å². The first kappa shape index (κ1) is 49.9. The molecule has 0 spiro atoms. The average molecular weight is 983 g/mol. The SMILES string of the molecule is CCC(C)C1=Cc2c(-c3cc(C)cc(C)c3)ccc(-c3cc(C)cc(C)c3)c2[CH]1[Zr]([CH3])([CH3])(=[SiH2])[CH]1C(C(C)CC)=Cc2c(-c3cc(C)cc(C)c3)ccc(-c3cc(C)cc(C)c3)c21.Cl.Cl. The van der Waals surface area contributed by atoms with E-state index in [4.69, 9.17) is 0 Å². The van der Waals surface area contributed by atoms with Gasteiger partial charge >= 0.3 is 380 Å². The van der Waals surface area contributed by atoms with Crippen molar-refractivity contribution in [3.63, 3.8) is 0 Å². The first-order valence-corrected chi connectivity index (χ1v) is 37.1. The van der Waals surface area contributed by atoms with Crippen LogP contribution in [0.3, 0.4) is 0 Å². The molecule has 4 atom stereocenters. The Kier molecular flexibility index (Phi) is 14.5. The molecule has 0 bridgehead atoms. The molecule has 0 saturated carbocycles. The Morgan fingerprint density at radius 2 is 0.656 bits per heavy atom. The van der Waals surface area contributed by atoms with E-state index >= 15 is 0 Å². The van der Waals surface area contributed by atoms with Crippen molar-refractivity contribution >= 4 is 43.8 Å². The van der Waals surface area contributed by atoms with Crippen LogP contribution in [0.4, 0.5) is 0 Å². The maximum absolute atomic E-state index is 4.30. The Hall–Kier alpha value is -3.52. The third kappa shape index (κ3) is 9.01. The molecular formula is C60H72Cl2SiZr. The standard InChI is InChI=1S/2C29H31.2CH3.2ClH.H2Si.Zr/c2*1-7-22(6)23-16-28-26(24-12-18(2)10-19(3)13-24)8-9-27(29(28)17-23)25-14-20(4)11-21(5)15-25;;;;;;/h2*8-17,22H,7H2,1-6H3;2*1H3;2*1H;1H2;. The molecule has 0 fully saturated rings. The van der Waals surface area contributed by atoms with Crippen molar-refractivity contribution in [3.8, 4) is 44.5 Å². The van der Waals surface area contributed by atoms with Crippen molar-refractivity contribution in [1.82, 2.24) is 0 Å². The zero-order valence-corrected chi connectivity index (χ0v) is 46.6. The van der Waals surface area contributed by atoms with Gasteiger partial charge < -0.3 is 0 Å². The van der Waals surface area contributed by atoms with E-state index in [1.54, 1.807) is 22.3 Å². The number of allylic oxidation sites excluding steroid dienone is 2. The van der Waals surface area contributed by atoms with E-state index in [0.29, 0.717) is 19.1 Å². The molecule has 0 aromatic heterocycles. The summed E-state index contributed by atoms with van der Waals surface area (Å²) in [7, 11) is 0. The van der Waals surface area contributed by atoms with Gasteiger partial charge in [-0.05, 0) is 0 Å². The fourth-order valence-electron chi connectivity index (χ4n) is 12.1. The van der Waals surface area contributed by atoms with Crippen LogP contribution in [0.25, 0.3) is 56.7 Å². The van der Waals surface area contributed by atoms with Crippen LogP contribution in [0.5, 0.6) is 0 Å². The van der Waals surface area contributed by atoms with Crippen LogP contribution in [0, 0.1) is 67.2 Å². The Morgan fingerprint density at radius 3 is 0.906 bits per heavy atom. The van der Waals surface area contributed by atoms with E-state index in [-0.39, 0.29) is 24.8 Å². The second-order valence-electron chi connectivity index (χ2n) is 21.2. The van der Waals surface area contributed by atoms with Crippen LogP contribution in [0.2, 0.25) is 9.26 Å². The van der Waals surface area contributed by atoms with Gasteiger partial charge in [0.15, 0.2) is 0 Å². The number of rotatable bonds is 10. The molecule has 0 saturated heterocycles. The summed E-state index contributed by atoms with van der Waals surface area (Å²) < 4.78 is 6.49. The van der Waals surface area contributed by atoms with E-state index in [9.17, 15) is 0 Å². The first-order valence-electron chi connectivity index (χ1n) is 23.5. The van der Waals surface area contributed by atoms with Crippen molar-refractivity contribution in [2.24, 2.45) is 11.8 Å². The molecule has 2 aliphatic carbocycles. The number of hydrogen-bond acceptors (Lipinski definition) is 0. The Balaban J connectivity index is 0.00000340. The summed E-state index contributed by atoms with van der Waals surface area (Å²) in [4.78, 5) is 0. The van der Waals surface area contributed by atoms with Crippen molar-refractivity contribution in [3.05, 3.63) is 175 Å². The van der Waals surface area contributed by atoms with Gasteiger partial charge in [-0.15, -0.1) is 24.8 Å². The van der Waals surface area contributed by atoms with E-state index in [1.807, 2.05) is 0 Å². The predicted octanol–water partition coefficient (Wildman–Crippen LogP) is 17.7. The second-order valence-corrected chi connectivity index (χ2v) is 51.7. The minimum atomic E-state index is -4.30. The molecule has 4 heteroatoms. The summed E-state index contributed by atoms with van der Waals surface area (Å²) >= 11 is -4.30. The van der Waals surface area contributed by atoms with Crippen molar-refractivity contribution in [2.75, 3.05) is 0 Å². The molecule has 0 N–H and O–H groups in total. The summed E-state index contributed by atoms with van der Waals surface area (Å²) in [6.45, 7) is 30.5. The predicted molar refractivity (Wildman–Crippen MR) is 288 cm³/mol. The molecule has 4 unspecified atom stereocenters. The van der Waals surface area contributed by atoms with Gasteiger partial charge in [0.1, 0.15) is 0 Å². The normalized spacial score (nSPS) is 16.5. The number of hydrogen-bond donors (Lipinski definition) is 0. The first-order chi connectivity index (χ1) is 29.3. The molecule has 6 aromatic carbocycles. The Morgan fingerprint density at radius 1 is 0.422 bits per heavy atom. The van der Waals surface area contributed by atoms with E-state index in [1.165, 1.54) is 100 Å². The second kappa shape index (κ2) is 18.6. The molecule has 0 nitrogen and oxygen atoms in total. The molecule has 64 heavy (non-hydrogen) atoms. The Bertz CT molecular complexity index is 2660. The van der Waals surface area contributed by atoms with E-state index in [0.717, 1.165) is 12.8 Å². The molecule has 0 amide bonds. The minimum absolute atomic E-state index is 0. The van der Waals surface area contributed by atoms with Gasteiger partial charge in [-0.1, -0.05) is 0 Å². The smallest absolute Gasteiger partial charge is 0.147 e. The van der Waals surface area contributed by atoms with Gasteiger partial charge in [-0.3, -0.25) is 0 Å². The van der Waals surface area contributed by atoms with Crippen molar-refractivity contribution in [2.45, 2.75) is 112 Å². The molecule has 2 aliphatic rings. The molecular weight excluding hydrogens is 911 g/mol. The van der Waals surface area contributed by atoms with Crippen LogP contribution in [-0.4, -0.2) is 6.88 Å². The largest absolute Gasteiger partial charge is 0.147 e. The van der Waals surface area contributed by atoms with Gasteiger partial charge in [-0.2, -0.15) is 0 Å². The molecule has 0 heterocycles. The number of fused-ring (bicyclic) bond motifs is 2. The maximum Gasteiger partial charge on any atom is -0.147 e. The quantitative estimate of drug-likeness (QED) is 0.120. The summed E-state index contributed by atoms with van der Waals surface area (Å²) in [6.07, 6.45) is 7.70. The fraction of sp³-hybridized carbons (Fsp3) is 0.333. The van der Waals surface area contributed by atoms with Gasteiger partial charge in [0, 0.05) is 0 Å². The molecule has 6 aromatic rings. The van der Waals surface area contributed by atoms with E-state index in [2.05, 4.69) is 208 Å². The monoisotopic (exact) mass is 980 g/mol. The fourth-order valence-corrected chi connectivity index (χ4v) is 31.5. The van der Waals surface area contributed by atoms with Gasteiger partial charge in [-0.25, -0.2) is 0 Å². The zero-order chi connectivity index (χ0) is 44.6. The number of benzene rings is 6. The van der Waals surface area contributed by atoms with Crippen molar-refractivity contribution in [1.29, 1.82) is 0 Å². The topological polar surface area (TPSA) is 0 Å². The van der Waals surface area contributed by atoms with Crippen LogP contribution in [0.15, 0.2) is 108 Å². The summed E-state index contributed by atoms with van der Waals surface area (Å²) in [5.74, 6) is 0.919. The van der Waals surface area contributed by atoms with Crippen LogP contribution < -0.4 is 0 Å². The number of halogens is 2. The molecule has 0 radical (unpaired) electrons. The average Bonchev–Trinajstić information content (AvgIpc) is 3.80. The molecule has 334 valence electrons. The van der Waals surface area contributed by atoms with E-state index < -0.39 is 17.4 Å². The van der Waals surface area contributed by atoms with Gasteiger partial charge in [0.05, 0.1) is 0 Å². The van der Waals surface area contributed by atoms with Gasteiger partial charge in [0.2, 0.25) is 0 Å². The molecule has 8 rings (SSSR count). The summed E-state index contributed by atoms with van der Waals surface area (Å²) in [6, 6.07) is 38.7. The van der Waals surface area contributed by atoms with Gasteiger partial charge in [0.25, 0.3) is 0 Å². The third-order valence-electron chi connectivity index (χ3n) is 14.8. The van der Waals surface area contributed by atoms with Crippen LogP contribution in [-0.2, 0) is 17.4 Å². The molecule has 0 aliphatic heterocycles. The zero-order valence-electron chi connectivity index (χ0n) is 41.1. The number of aryl methyl sites for hydroxylation is 8. The summed E-state index contributed by atoms with van der Waals surface area (Å²) in [5.41, 5.74) is 31.1.